The monoisotopic (exact) mass is 272 g/mol. The van der Waals surface area contributed by atoms with Gasteiger partial charge < -0.3 is 5.11 Å². The maximum atomic E-state index is 11.6. The molecule has 3 unspecified atom stereocenters. The summed E-state index contributed by atoms with van der Waals surface area (Å²) in [6, 6.07) is 8.61. The van der Waals surface area contributed by atoms with Crippen LogP contribution in [0.2, 0.25) is 0 Å². The second-order valence-electron chi connectivity index (χ2n) is 6.73. The molecule has 2 saturated carbocycles. The van der Waals surface area contributed by atoms with Gasteiger partial charge in [0.05, 0.1) is 5.92 Å². The topological polar surface area (TPSA) is 37.3 Å². The maximum absolute atomic E-state index is 11.6. The van der Waals surface area contributed by atoms with Crippen LogP contribution in [0.3, 0.4) is 0 Å². The van der Waals surface area contributed by atoms with Crippen LogP contribution >= 0.6 is 0 Å². The van der Waals surface area contributed by atoms with E-state index in [9.17, 15) is 9.90 Å². The Labute approximate surface area is 121 Å². The second-order valence-corrected chi connectivity index (χ2v) is 6.73. The van der Waals surface area contributed by atoms with Gasteiger partial charge in [-0.25, -0.2) is 0 Å². The van der Waals surface area contributed by atoms with Crippen molar-refractivity contribution in [3.8, 4) is 0 Å². The number of carboxylic acids is 1. The van der Waals surface area contributed by atoms with Crippen molar-refractivity contribution in [2.45, 2.75) is 57.3 Å². The molecule has 3 atom stereocenters. The third kappa shape index (κ3) is 2.48. The lowest BCUT2D eigenvalue weighted by molar-refractivity contribution is -0.143. The van der Waals surface area contributed by atoms with Crippen molar-refractivity contribution in [2.24, 2.45) is 11.8 Å². The maximum Gasteiger partial charge on any atom is 0.307 e. The minimum Gasteiger partial charge on any atom is -0.481 e. The standard InChI is InChI=1S/C18H24O2/c1-12-9-10-16(18(19)20)17(11-12)15-8-3-2-7-14(15)13-5-4-6-13/h2-3,7-8,12-13,16-17H,4-6,9-11H2,1H3,(H,19,20). The molecular weight excluding hydrogens is 248 g/mol. The van der Waals surface area contributed by atoms with Crippen molar-refractivity contribution in [1.82, 2.24) is 0 Å². The minimum atomic E-state index is -0.606. The molecule has 2 aliphatic carbocycles. The van der Waals surface area contributed by atoms with E-state index in [4.69, 9.17) is 0 Å². The minimum absolute atomic E-state index is 0.188. The Morgan fingerprint density at radius 2 is 1.80 bits per heavy atom. The van der Waals surface area contributed by atoms with Gasteiger partial charge in [-0.2, -0.15) is 0 Å². The number of hydrogen-bond acceptors (Lipinski definition) is 1. The number of rotatable bonds is 3. The van der Waals surface area contributed by atoms with Crippen LogP contribution in [0.1, 0.15) is 68.4 Å². The molecule has 0 bridgehead atoms. The molecule has 0 spiro atoms. The summed E-state index contributed by atoms with van der Waals surface area (Å²) in [5, 5.41) is 9.56. The zero-order valence-corrected chi connectivity index (χ0v) is 12.2. The number of carboxylic acid groups (broad SMARTS) is 1. The molecule has 0 aliphatic heterocycles. The Morgan fingerprint density at radius 1 is 1.10 bits per heavy atom. The van der Waals surface area contributed by atoms with Crippen LogP contribution < -0.4 is 0 Å². The van der Waals surface area contributed by atoms with Gasteiger partial charge >= 0.3 is 5.97 Å². The summed E-state index contributed by atoms with van der Waals surface area (Å²) in [5.41, 5.74) is 2.76. The molecule has 20 heavy (non-hydrogen) atoms. The van der Waals surface area contributed by atoms with Crippen LogP contribution in [0.5, 0.6) is 0 Å². The number of aliphatic carboxylic acids is 1. The lowest BCUT2D eigenvalue weighted by atomic mass is 9.68. The molecule has 2 aliphatic rings. The van der Waals surface area contributed by atoms with Gasteiger partial charge in [-0.1, -0.05) is 37.6 Å². The van der Waals surface area contributed by atoms with Crippen molar-refractivity contribution in [3.63, 3.8) is 0 Å². The van der Waals surface area contributed by atoms with Gasteiger partial charge in [-0.3, -0.25) is 4.79 Å². The van der Waals surface area contributed by atoms with Crippen LogP contribution in [0.25, 0.3) is 0 Å². The first-order valence-corrected chi connectivity index (χ1v) is 7.98. The van der Waals surface area contributed by atoms with Crippen LogP contribution in [0.4, 0.5) is 0 Å². The first-order valence-electron chi connectivity index (χ1n) is 7.98. The smallest absolute Gasteiger partial charge is 0.307 e. The van der Waals surface area contributed by atoms with Crippen molar-refractivity contribution < 1.29 is 9.90 Å². The molecule has 0 radical (unpaired) electrons. The average Bonchev–Trinajstić information content (AvgIpc) is 2.37. The third-order valence-electron chi connectivity index (χ3n) is 5.37. The second kappa shape index (κ2) is 5.59. The molecule has 2 fully saturated rings. The fourth-order valence-corrected chi connectivity index (χ4v) is 3.96. The zero-order chi connectivity index (χ0) is 14.1. The summed E-state index contributed by atoms with van der Waals surface area (Å²) in [6.45, 7) is 2.26. The number of benzene rings is 1. The summed E-state index contributed by atoms with van der Waals surface area (Å²) in [4.78, 5) is 11.6. The summed E-state index contributed by atoms with van der Waals surface area (Å²) in [5.74, 6) is 0.744. The molecule has 0 saturated heterocycles. The van der Waals surface area contributed by atoms with Crippen LogP contribution in [0.15, 0.2) is 24.3 Å². The number of carbonyl (C=O) groups is 1. The summed E-state index contributed by atoms with van der Waals surface area (Å²) < 4.78 is 0. The Bertz CT molecular complexity index is 490. The summed E-state index contributed by atoms with van der Waals surface area (Å²) in [6.07, 6.45) is 6.79. The van der Waals surface area contributed by atoms with Crippen LogP contribution in [-0.4, -0.2) is 11.1 Å². The SMILES string of the molecule is CC1CCC(C(=O)O)C(c2ccccc2C2CCC2)C1. The van der Waals surface area contributed by atoms with Gasteiger partial charge in [-0.05, 0) is 61.0 Å². The highest BCUT2D eigenvalue weighted by Crippen LogP contribution is 2.46. The fourth-order valence-electron chi connectivity index (χ4n) is 3.96. The first-order chi connectivity index (χ1) is 9.66. The Balaban J connectivity index is 1.94. The first kappa shape index (κ1) is 13.7. The van der Waals surface area contributed by atoms with Gasteiger partial charge in [0, 0.05) is 0 Å². The Morgan fingerprint density at radius 3 is 2.40 bits per heavy atom. The van der Waals surface area contributed by atoms with E-state index in [-0.39, 0.29) is 11.8 Å². The molecule has 1 N–H and O–H groups in total. The van der Waals surface area contributed by atoms with Gasteiger partial charge in [-0.15, -0.1) is 0 Å². The molecule has 108 valence electrons. The normalized spacial score (nSPS) is 30.8. The summed E-state index contributed by atoms with van der Waals surface area (Å²) in [7, 11) is 0. The van der Waals surface area contributed by atoms with E-state index in [1.54, 1.807) is 0 Å². The van der Waals surface area contributed by atoms with E-state index in [1.165, 1.54) is 30.4 Å². The molecular formula is C18H24O2. The van der Waals surface area contributed by atoms with E-state index in [0.29, 0.717) is 11.8 Å². The van der Waals surface area contributed by atoms with Gasteiger partial charge in [0.25, 0.3) is 0 Å². The molecule has 2 heteroatoms. The van der Waals surface area contributed by atoms with E-state index in [1.807, 2.05) is 0 Å². The Kier molecular flexibility index (Phi) is 3.82. The molecule has 0 amide bonds. The van der Waals surface area contributed by atoms with Crippen molar-refractivity contribution in [2.75, 3.05) is 0 Å². The predicted octanol–water partition coefficient (Wildman–Crippen LogP) is 4.56. The number of hydrogen-bond donors (Lipinski definition) is 1. The van der Waals surface area contributed by atoms with E-state index in [2.05, 4.69) is 31.2 Å². The van der Waals surface area contributed by atoms with Crippen molar-refractivity contribution in [3.05, 3.63) is 35.4 Å². The zero-order valence-electron chi connectivity index (χ0n) is 12.2. The quantitative estimate of drug-likeness (QED) is 0.876. The lowest BCUT2D eigenvalue weighted by Gasteiger charge is -2.36. The molecule has 0 aromatic heterocycles. The lowest BCUT2D eigenvalue weighted by Crippen LogP contribution is -2.29. The van der Waals surface area contributed by atoms with E-state index in [0.717, 1.165) is 19.3 Å². The Hall–Kier alpha value is -1.31. The van der Waals surface area contributed by atoms with Gasteiger partial charge in [0.1, 0.15) is 0 Å². The average molecular weight is 272 g/mol. The predicted molar refractivity (Wildman–Crippen MR) is 79.9 cm³/mol. The fraction of sp³-hybridized carbons (Fsp3) is 0.611. The summed E-state index contributed by atoms with van der Waals surface area (Å²) >= 11 is 0. The van der Waals surface area contributed by atoms with Crippen LogP contribution in [-0.2, 0) is 4.79 Å². The molecule has 0 heterocycles. The van der Waals surface area contributed by atoms with Crippen molar-refractivity contribution >= 4 is 5.97 Å². The van der Waals surface area contributed by atoms with E-state index >= 15 is 0 Å². The highest BCUT2D eigenvalue weighted by molar-refractivity contribution is 5.71. The molecule has 3 rings (SSSR count). The highest BCUT2D eigenvalue weighted by atomic mass is 16.4. The van der Waals surface area contributed by atoms with Crippen molar-refractivity contribution in [1.29, 1.82) is 0 Å². The molecule has 1 aromatic carbocycles. The van der Waals surface area contributed by atoms with Gasteiger partial charge in [0.15, 0.2) is 0 Å². The molecule has 2 nitrogen and oxygen atoms in total. The van der Waals surface area contributed by atoms with Gasteiger partial charge in [0.2, 0.25) is 0 Å². The molecule has 1 aromatic rings. The largest absolute Gasteiger partial charge is 0.481 e. The third-order valence-corrected chi connectivity index (χ3v) is 5.37. The van der Waals surface area contributed by atoms with E-state index < -0.39 is 5.97 Å². The van der Waals surface area contributed by atoms with Crippen LogP contribution in [0, 0.1) is 11.8 Å². The highest BCUT2D eigenvalue weighted by Gasteiger charge is 2.36.